The van der Waals surface area contributed by atoms with E-state index in [2.05, 4.69) is 6.58 Å². The highest BCUT2D eigenvalue weighted by Crippen LogP contribution is 2.51. The lowest BCUT2D eigenvalue weighted by Gasteiger charge is -2.29. The Kier molecular flexibility index (Phi) is 5.96. The minimum atomic E-state index is -0.267. The Bertz CT molecular complexity index is 472. The lowest BCUT2D eigenvalue weighted by Crippen LogP contribution is -2.29. The number of unbranched alkanes of at least 4 members (excludes halogenated alkanes) is 3. The molecular weight excluding hydrogens is 304 g/mol. The highest BCUT2D eigenvalue weighted by Gasteiger charge is 2.47. The number of cyclic esters (lactones) is 1. The van der Waals surface area contributed by atoms with Crippen LogP contribution in [0.15, 0.2) is 12.7 Å². The van der Waals surface area contributed by atoms with Crippen molar-refractivity contribution in [1.29, 1.82) is 0 Å². The standard InChI is InChI=1S/C20H30O4/c1-2-19(21)24-18-13-14-11-16(17(18)12-14)8-6-4-3-5-7-15-9-10-23-20(15)22/h2,14-18H,1,3-13H2. The molecule has 2 saturated carbocycles. The molecule has 4 heteroatoms. The molecule has 2 bridgehead atoms. The van der Waals surface area contributed by atoms with Crippen LogP contribution in [0.5, 0.6) is 0 Å². The predicted octanol–water partition coefficient (Wildman–Crippen LogP) is 4.03. The quantitative estimate of drug-likeness (QED) is 0.363. The summed E-state index contributed by atoms with van der Waals surface area (Å²) in [5, 5.41) is 0. The van der Waals surface area contributed by atoms with Crippen molar-refractivity contribution in [3.05, 3.63) is 12.7 Å². The second-order valence-electron chi connectivity index (χ2n) is 7.82. The van der Waals surface area contributed by atoms with Gasteiger partial charge in [0.05, 0.1) is 12.5 Å². The SMILES string of the molecule is C=CC(=O)OC1CC2CC(CCCCCCC3CCOC3=O)C1C2. The first-order valence-electron chi connectivity index (χ1n) is 9.67. The molecule has 5 atom stereocenters. The fraction of sp³-hybridized carbons (Fsp3) is 0.800. The maximum atomic E-state index is 11.4. The minimum absolute atomic E-state index is 0.0112. The van der Waals surface area contributed by atoms with E-state index in [0.29, 0.717) is 12.5 Å². The maximum absolute atomic E-state index is 11.4. The largest absolute Gasteiger partial charge is 0.465 e. The van der Waals surface area contributed by atoms with Gasteiger partial charge in [-0.25, -0.2) is 4.79 Å². The zero-order valence-corrected chi connectivity index (χ0v) is 14.6. The lowest BCUT2D eigenvalue weighted by atomic mass is 9.83. The van der Waals surface area contributed by atoms with Crippen LogP contribution in [0.3, 0.4) is 0 Å². The predicted molar refractivity (Wildman–Crippen MR) is 91.2 cm³/mol. The third kappa shape index (κ3) is 4.20. The van der Waals surface area contributed by atoms with Crippen molar-refractivity contribution in [3.8, 4) is 0 Å². The van der Waals surface area contributed by atoms with Crippen LogP contribution in [0.2, 0.25) is 0 Å². The van der Waals surface area contributed by atoms with Gasteiger partial charge < -0.3 is 9.47 Å². The van der Waals surface area contributed by atoms with Crippen LogP contribution in [-0.2, 0) is 19.1 Å². The molecule has 3 rings (SSSR count). The van der Waals surface area contributed by atoms with E-state index < -0.39 is 0 Å². The van der Waals surface area contributed by atoms with Crippen molar-refractivity contribution in [2.45, 2.75) is 70.3 Å². The first-order valence-corrected chi connectivity index (χ1v) is 9.67. The van der Waals surface area contributed by atoms with Gasteiger partial charge in [-0.1, -0.05) is 38.7 Å². The summed E-state index contributed by atoms with van der Waals surface area (Å²) >= 11 is 0. The summed E-state index contributed by atoms with van der Waals surface area (Å²) in [7, 11) is 0. The van der Waals surface area contributed by atoms with E-state index in [-0.39, 0.29) is 24.0 Å². The Morgan fingerprint density at radius 1 is 1.17 bits per heavy atom. The van der Waals surface area contributed by atoms with E-state index in [1.807, 2.05) is 0 Å². The van der Waals surface area contributed by atoms with Crippen molar-refractivity contribution in [3.63, 3.8) is 0 Å². The van der Waals surface area contributed by atoms with Crippen molar-refractivity contribution in [2.75, 3.05) is 6.61 Å². The normalized spacial score (nSPS) is 34.3. The Morgan fingerprint density at radius 2 is 1.96 bits per heavy atom. The second-order valence-corrected chi connectivity index (χ2v) is 7.82. The molecule has 134 valence electrons. The molecule has 4 nitrogen and oxygen atoms in total. The Balaban J connectivity index is 1.29. The molecule has 1 saturated heterocycles. The molecule has 0 radical (unpaired) electrons. The van der Waals surface area contributed by atoms with E-state index in [1.165, 1.54) is 44.6 Å². The molecular formula is C20H30O4. The van der Waals surface area contributed by atoms with Crippen molar-refractivity contribution in [1.82, 2.24) is 0 Å². The zero-order valence-electron chi connectivity index (χ0n) is 14.6. The van der Waals surface area contributed by atoms with Gasteiger partial charge in [0.15, 0.2) is 0 Å². The number of esters is 2. The van der Waals surface area contributed by atoms with E-state index in [9.17, 15) is 9.59 Å². The summed E-state index contributed by atoms with van der Waals surface area (Å²) in [4.78, 5) is 22.8. The third-order valence-electron chi connectivity index (χ3n) is 6.25. The first kappa shape index (κ1) is 17.5. The number of hydrogen-bond donors (Lipinski definition) is 0. The molecule has 1 aliphatic heterocycles. The number of rotatable bonds is 9. The van der Waals surface area contributed by atoms with Gasteiger partial charge >= 0.3 is 11.9 Å². The van der Waals surface area contributed by atoms with E-state index in [4.69, 9.17) is 9.47 Å². The summed E-state index contributed by atoms with van der Waals surface area (Å²) in [5.41, 5.74) is 0. The fourth-order valence-electron chi connectivity index (χ4n) is 5.04. The third-order valence-corrected chi connectivity index (χ3v) is 6.25. The molecule has 0 aromatic heterocycles. The topological polar surface area (TPSA) is 52.6 Å². The van der Waals surface area contributed by atoms with Crippen LogP contribution >= 0.6 is 0 Å². The number of carbonyl (C=O) groups excluding carboxylic acids is 2. The molecule has 0 aromatic rings. The molecule has 3 aliphatic rings. The summed E-state index contributed by atoms with van der Waals surface area (Å²) < 4.78 is 10.5. The molecule has 0 amide bonds. The highest BCUT2D eigenvalue weighted by molar-refractivity contribution is 5.81. The summed E-state index contributed by atoms with van der Waals surface area (Å²) in [6.07, 6.45) is 13.0. The Morgan fingerprint density at radius 3 is 2.62 bits per heavy atom. The minimum Gasteiger partial charge on any atom is -0.465 e. The van der Waals surface area contributed by atoms with Crippen LogP contribution in [0.25, 0.3) is 0 Å². The zero-order chi connectivity index (χ0) is 16.9. The molecule has 0 spiro atoms. The van der Waals surface area contributed by atoms with Gasteiger partial charge in [0.2, 0.25) is 0 Å². The van der Waals surface area contributed by atoms with Crippen LogP contribution in [0.1, 0.15) is 64.2 Å². The van der Waals surface area contributed by atoms with E-state index >= 15 is 0 Å². The van der Waals surface area contributed by atoms with Gasteiger partial charge in [-0.15, -0.1) is 0 Å². The van der Waals surface area contributed by atoms with Crippen molar-refractivity contribution >= 4 is 11.9 Å². The van der Waals surface area contributed by atoms with Crippen LogP contribution in [0, 0.1) is 23.7 Å². The lowest BCUT2D eigenvalue weighted by molar-refractivity contribution is -0.146. The number of ether oxygens (including phenoxy) is 2. The van der Waals surface area contributed by atoms with Gasteiger partial charge in [0.25, 0.3) is 0 Å². The molecule has 5 unspecified atom stereocenters. The highest BCUT2D eigenvalue weighted by atomic mass is 16.5. The smallest absolute Gasteiger partial charge is 0.330 e. The van der Waals surface area contributed by atoms with Gasteiger partial charge in [-0.05, 0) is 49.9 Å². The molecule has 24 heavy (non-hydrogen) atoms. The first-order chi connectivity index (χ1) is 11.7. The summed E-state index contributed by atoms with van der Waals surface area (Å²) in [5.74, 6) is 1.98. The van der Waals surface area contributed by atoms with Gasteiger partial charge in [0.1, 0.15) is 6.10 Å². The summed E-state index contributed by atoms with van der Waals surface area (Å²) in [6, 6.07) is 0. The monoisotopic (exact) mass is 334 g/mol. The number of fused-ring (bicyclic) bond motifs is 2. The van der Waals surface area contributed by atoms with Gasteiger partial charge in [-0.3, -0.25) is 4.79 Å². The van der Waals surface area contributed by atoms with Crippen LogP contribution < -0.4 is 0 Å². The molecule has 3 fully saturated rings. The molecule has 0 N–H and O–H groups in total. The summed E-state index contributed by atoms with van der Waals surface area (Å²) in [6.45, 7) is 4.11. The maximum Gasteiger partial charge on any atom is 0.330 e. The Hall–Kier alpha value is -1.32. The number of hydrogen-bond acceptors (Lipinski definition) is 4. The number of carbonyl (C=O) groups is 2. The average molecular weight is 334 g/mol. The second kappa shape index (κ2) is 8.17. The molecule has 2 aliphatic carbocycles. The Labute approximate surface area is 145 Å². The fourth-order valence-corrected chi connectivity index (χ4v) is 5.04. The molecule has 0 aromatic carbocycles. The van der Waals surface area contributed by atoms with Crippen LogP contribution in [-0.4, -0.2) is 24.6 Å². The average Bonchev–Trinajstić information content (AvgIpc) is 3.26. The van der Waals surface area contributed by atoms with Crippen molar-refractivity contribution < 1.29 is 19.1 Å². The van der Waals surface area contributed by atoms with Crippen LogP contribution in [0.4, 0.5) is 0 Å². The van der Waals surface area contributed by atoms with Gasteiger partial charge in [0, 0.05) is 6.08 Å². The van der Waals surface area contributed by atoms with Gasteiger partial charge in [-0.2, -0.15) is 0 Å². The molecule has 1 heterocycles. The van der Waals surface area contributed by atoms with E-state index in [0.717, 1.165) is 37.5 Å². The van der Waals surface area contributed by atoms with E-state index in [1.54, 1.807) is 0 Å². The van der Waals surface area contributed by atoms with Crippen molar-refractivity contribution in [2.24, 2.45) is 23.7 Å².